The third-order valence-electron chi connectivity index (χ3n) is 1.39. The molecule has 3 nitrogen and oxygen atoms in total. The fraction of sp³-hybridized carbons (Fsp3) is 0.600. The molecule has 0 bridgehead atoms. The van der Waals surface area contributed by atoms with Gasteiger partial charge in [-0.3, -0.25) is 4.79 Å². The van der Waals surface area contributed by atoms with Crippen molar-refractivity contribution in [3.63, 3.8) is 0 Å². The Morgan fingerprint density at radius 3 is 1.92 bits per heavy atom. The first-order valence-corrected chi connectivity index (χ1v) is 4.14. The lowest BCUT2D eigenvalue weighted by Crippen LogP contribution is -2.00. The molecule has 0 fully saturated rings. The quantitative estimate of drug-likeness (QED) is 0.288. The van der Waals surface area contributed by atoms with Crippen molar-refractivity contribution in [2.45, 2.75) is 34.1 Å². The summed E-state index contributed by atoms with van der Waals surface area (Å²) in [5.74, 6) is -0.727. The van der Waals surface area contributed by atoms with Crippen LogP contribution in [-0.4, -0.2) is 12.4 Å². The maximum Gasteiger partial charge on any atom is 0.337 e. The van der Waals surface area contributed by atoms with E-state index in [1.54, 1.807) is 0 Å². The SMILES string of the molecule is C=CC(=O)OC=O.CCC(C)(C)C. The number of hydrogen-bond acceptors (Lipinski definition) is 3. The van der Waals surface area contributed by atoms with Crippen LogP contribution in [0.3, 0.4) is 0 Å². The Hall–Kier alpha value is -1.12. The van der Waals surface area contributed by atoms with Gasteiger partial charge in [-0.15, -0.1) is 0 Å². The second-order valence-electron chi connectivity index (χ2n) is 3.65. The lowest BCUT2D eigenvalue weighted by molar-refractivity contribution is -0.147. The van der Waals surface area contributed by atoms with Gasteiger partial charge >= 0.3 is 12.4 Å². The topological polar surface area (TPSA) is 43.4 Å². The number of ether oxygens (including phenoxy) is 1. The Balaban J connectivity index is 0. The zero-order valence-corrected chi connectivity index (χ0v) is 8.79. The Morgan fingerprint density at radius 1 is 1.46 bits per heavy atom. The summed E-state index contributed by atoms with van der Waals surface area (Å²) >= 11 is 0. The molecule has 0 saturated carbocycles. The molecule has 0 amide bonds. The zero-order chi connectivity index (χ0) is 10.9. The first kappa shape index (κ1) is 14.4. The highest BCUT2D eigenvalue weighted by molar-refractivity contribution is 5.85. The predicted octanol–water partition coefficient (Wildman–Crippen LogP) is 2.31. The molecule has 0 aliphatic rings. The first-order chi connectivity index (χ1) is 5.87. The lowest BCUT2D eigenvalue weighted by Gasteiger charge is -2.12. The molecular weight excluding hydrogens is 168 g/mol. The molecule has 0 aliphatic heterocycles. The van der Waals surface area contributed by atoms with Crippen molar-refractivity contribution in [2.75, 3.05) is 0 Å². The van der Waals surface area contributed by atoms with Crippen molar-refractivity contribution in [3.05, 3.63) is 12.7 Å². The summed E-state index contributed by atoms with van der Waals surface area (Å²) in [4.78, 5) is 19.1. The van der Waals surface area contributed by atoms with Gasteiger partial charge in [0.25, 0.3) is 0 Å². The number of esters is 1. The van der Waals surface area contributed by atoms with Gasteiger partial charge in [-0.05, 0) is 5.41 Å². The van der Waals surface area contributed by atoms with Gasteiger partial charge in [-0.2, -0.15) is 0 Å². The summed E-state index contributed by atoms with van der Waals surface area (Å²) in [5, 5.41) is 0. The van der Waals surface area contributed by atoms with Gasteiger partial charge in [-0.1, -0.05) is 40.7 Å². The van der Waals surface area contributed by atoms with Crippen LogP contribution in [0.15, 0.2) is 12.7 Å². The molecule has 0 aromatic carbocycles. The largest absolute Gasteiger partial charge is 0.392 e. The summed E-state index contributed by atoms with van der Waals surface area (Å²) in [7, 11) is 0. The highest BCUT2D eigenvalue weighted by Gasteiger charge is 2.03. The summed E-state index contributed by atoms with van der Waals surface area (Å²) in [6.07, 6.45) is 2.18. The summed E-state index contributed by atoms with van der Waals surface area (Å²) in [5.41, 5.74) is 0.542. The smallest absolute Gasteiger partial charge is 0.337 e. The van der Waals surface area contributed by atoms with Crippen LogP contribution in [0.1, 0.15) is 34.1 Å². The fourth-order valence-electron chi connectivity index (χ4n) is 0.0955. The van der Waals surface area contributed by atoms with E-state index in [-0.39, 0.29) is 6.47 Å². The van der Waals surface area contributed by atoms with Gasteiger partial charge in [0.05, 0.1) is 0 Å². The van der Waals surface area contributed by atoms with Crippen molar-refractivity contribution < 1.29 is 14.3 Å². The zero-order valence-electron chi connectivity index (χ0n) is 8.79. The summed E-state index contributed by atoms with van der Waals surface area (Å²) in [6.45, 7) is 12.0. The van der Waals surface area contributed by atoms with Crippen LogP contribution in [0.25, 0.3) is 0 Å². The van der Waals surface area contributed by atoms with Crippen molar-refractivity contribution in [1.82, 2.24) is 0 Å². The molecule has 0 atom stereocenters. The number of carbonyl (C=O) groups excluding carboxylic acids is 2. The Bertz CT molecular complexity index is 165. The van der Waals surface area contributed by atoms with Crippen LogP contribution >= 0.6 is 0 Å². The maximum atomic E-state index is 9.84. The Labute approximate surface area is 79.8 Å². The number of carbonyl (C=O) groups is 2. The van der Waals surface area contributed by atoms with Crippen LogP contribution in [0, 0.1) is 5.41 Å². The molecule has 0 unspecified atom stereocenters. The third-order valence-corrected chi connectivity index (χ3v) is 1.39. The molecule has 0 heterocycles. The van der Waals surface area contributed by atoms with Crippen molar-refractivity contribution >= 4 is 12.4 Å². The van der Waals surface area contributed by atoms with E-state index < -0.39 is 5.97 Å². The van der Waals surface area contributed by atoms with Crippen molar-refractivity contribution in [3.8, 4) is 0 Å². The van der Waals surface area contributed by atoms with Crippen molar-refractivity contribution in [2.24, 2.45) is 5.41 Å². The Morgan fingerprint density at radius 2 is 1.85 bits per heavy atom. The van der Waals surface area contributed by atoms with E-state index in [9.17, 15) is 9.59 Å². The van der Waals surface area contributed by atoms with E-state index in [2.05, 4.69) is 39.0 Å². The van der Waals surface area contributed by atoms with E-state index in [0.717, 1.165) is 6.08 Å². The van der Waals surface area contributed by atoms with Gasteiger partial charge < -0.3 is 4.74 Å². The van der Waals surface area contributed by atoms with Gasteiger partial charge in [0, 0.05) is 6.08 Å². The minimum atomic E-state index is -0.727. The van der Waals surface area contributed by atoms with Gasteiger partial charge in [-0.25, -0.2) is 4.79 Å². The number of hydrogen-bond donors (Lipinski definition) is 0. The van der Waals surface area contributed by atoms with E-state index in [4.69, 9.17) is 0 Å². The molecule has 0 saturated heterocycles. The monoisotopic (exact) mass is 186 g/mol. The molecule has 0 aromatic heterocycles. The maximum absolute atomic E-state index is 9.84. The fourth-order valence-corrected chi connectivity index (χ4v) is 0.0955. The Kier molecular flexibility index (Phi) is 8.34. The van der Waals surface area contributed by atoms with E-state index in [1.807, 2.05) is 0 Å². The summed E-state index contributed by atoms with van der Waals surface area (Å²) < 4.78 is 3.75. The van der Waals surface area contributed by atoms with Crippen molar-refractivity contribution in [1.29, 1.82) is 0 Å². The molecule has 0 aromatic rings. The molecule has 0 spiro atoms. The molecular formula is C10H18O3. The predicted molar refractivity (Wildman–Crippen MR) is 52.1 cm³/mol. The minimum absolute atomic E-state index is 0.0595. The van der Waals surface area contributed by atoms with E-state index >= 15 is 0 Å². The minimum Gasteiger partial charge on any atom is -0.392 e. The molecule has 13 heavy (non-hydrogen) atoms. The molecule has 3 heteroatoms. The van der Waals surface area contributed by atoms with E-state index in [0.29, 0.717) is 5.41 Å². The third kappa shape index (κ3) is 18.1. The van der Waals surface area contributed by atoms with Gasteiger partial charge in [0.1, 0.15) is 0 Å². The standard InChI is InChI=1S/C6H14.C4H4O3/c1-5-6(2,3)4;1-2-4(6)7-3-5/h5H2,1-4H3;2-3H,1H2. The highest BCUT2D eigenvalue weighted by atomic mass is 16.6. The van der Waals surface area contributed by atoms with Crippen LogP contribution in [0.5, 0.6) is 0 Å². The van der Waals surface area contributed by atoms with Crippen LogP contribution in [0.4, 0.5) is 0 Å². The second kappa shape index (κ2) is 7.53. The molecule has 76 valence electrons. The number of rotatable bonds is 2. The lowest BCUT2D eigenvalue weighted by atomic mass is 9.94. The van der Waals surface area contributed by atoms with Crippen LogP contribution < -0.4 is 0 Å². The van der Waals surface area contributed by atoms with Crippen LogP contribution in [-0.2, 0) is 14.3 Å². The van der Waals surface area contributed by atoms with Gasteiger partial charge in [0.2, 0.25) is 0 Å². The summed E-state index contributed by atoms with van der Waals surface area (Å²) in [6, 6.07) is 0. The second-order valence-corrected chi connectivity index (χ2v) is 3.65. The first-order valence-electron chi connectivity index (χ1n) is 4.14. The molecule has 0 radical (unpaired) electrons. The van der Waals surface area contributed by atoms with Gasteiger partial charge in [0.15, 0.2) is 0 Å². The average molecular weight is 186 g/mol. The van der Waals surface area contributed by atoms with Crippen LogP contribution in [0.2, 0.25) is 0 Å². The normalized spacial score (nSPS) is 9.23. The average Bonchev–Trinajstić information content (AvgIpc) is 2.05. The highest BCUT2D eigenvalue weighted by Crippen LogP contribution is 2.16. The molecule has 0 N–H and O–H groups in total. The molecule has 0 rings (SSSR count). The molecule has 0 aliphatic carbocycles. The van der Waals surface area contributed by atoms with E-state index in [1.165, 1.54) is 6.42 Å².